The van der Waals surface area contributed by atoms with E-state index in [0.29, 0.717) is 6.42 Å². The van der Waals surface area contributed by atoms with Gasteiger partial charge < -0.3 is 5.11 Å². The number of aliphatic imine (C=N–C) groups is 1. The van der Waals surface area contributed by atoms with Gasteiger partial charge in [0.2, 0.25) is 0 Å². The van der Waals surface area contributed by atoms with Crippen molar-refractivity contribution in [3.8, 4) is 0 Å². The van der Waals surface area contributed by atoms with Gasteiger partial charge in [0.1, 0.15) is 11.5 Å². The highest BCUT2D eigenvalue weighted by atomic mass is 32.1. The Kier molecular flexibility index (Phi) is 3.33. The van der Waals surface area contributed by atoms with Gasteiger partial charge in [0.05, 0.1) is 5.16 Å². The molecule has 0 saturated heterocycles. The summed E-state index contributed by atoms with van der Waals surface area (Å²) in [6.45, 7) is 1.88. The Morgan fingerprint density at radius 2 is 2.43 bits per heavy atom. The van der Waals surface area contributed by atoms with Crippen LogP contribution >= 0.6 is 12.2 Å². The highest BCUT2D eigenvalue weighted by Crippen LogP contribution is 2.31. The molecule has 0 fully saturated rings. The average Bonchev–Trinajstić information content (AvgIpc) is 2.18. The minimum Gasteiger partial charge on any atom is -0.481 e. The maximum absolute atomic E-state index is 11.0. The van der Waals surface area contributed by atoms with Gasteiger partial charge in [0.15, 0.2) is 0 Å². The van der Waals surface area contributed by atoms with Crippen molar-refractivity contribution < 1.29 is 9.90 Å². The molecule has 0 saturated carbocycles. The second-order valence-corrected chi connectivity index (χ2v) is 3.29. The Bertz CT molecular complexity index is 342. The number of allylic oxidation sites excluding steroid dienone is 2. The van der Waals surface area contributed by atoms with Crippen molar-refractivity contribution in [3.63, 3.8) is 0 Å². The van der Waals surface area contributed by atoms with Crippen molar-refractivity contribution in [3.05, 3.63) is 24.3 Å². The number of nitrogens with zero attached hydrogens (tertiary/aromatic N) is 1. The summed E-state index contributed by atoms with van der Waals surface area (Å²) < 4.78 is 0. The fourth-order valence-corrected chi connectivity index (χ4v) is 1.74. The topological polar surface area (TPSA) is 49.7 Å². The lowest BCUT2D eigenvalue weighted by atomic mass is 9.79. The number of carboxylic acid groups (broad SMARTS) is 1. The molecular formula is C10H11NO2S. The summed E-state index contributed by atoms with van der Waals surface area (Å²) >= 11 is 4.54. The predicted molar refractivity (Wildman–Crippen MR) is 57.5 cm³/mol. The van der Waals surface area contributed by atoms with Crippen LogP contribution in [0.5, 0.6) is 0 Å². The molecule has 0 radical (unpaired) electrons. The SMILES string of the molecule is CCC1(N=C=S)C=CC=CC1C(=O)O. The van der Waals surface area contributed by atoms with E-state index in [2.05, 4.69) is 22.4 Å². The van der Waals surface area contributed by atoms with E-state index in [4.69, 9.17) is 5.11 Å². The van der Waals surface area contributed by atoms with Crippen LogP contribution in [-0.2, 0) is 4.79 Å². The fraction of sp³-hybridized carbons (Fsp3) is 0.400. The van der Waals surface area contributed by atoms with Gasteiger partial charge in [0, 0.05) is 0 Å². The molecule has 0 heterocycles. The van der Waals surface area contributed by atoms with Crippen LogP contribution in [0.25, 0.3) is 0 Å². The van der Waals surface area contributed by atoms with Crippen molar-refractivity contribution in [1.29, 1.82) is 0 Å². The maximum Gasteiger partial charge on any atom is 0.313 e. The molecule has 1 aliphatic rings. The zero-order chi connectivity index (χ0) is 10.6. The number of carboxylic acids is 1. The quantitative estimate of drug-likeness (QED) is 0.571. The first-order valence-corrected chi connectivity index (χ1v) is 4.75. The van der Waals surface area contributed by atoms with Crippen LogP contribution < -0.4 is 0 Å². The summed E-state index contributed by atoms with van der Waals surface area (Å²) in [5.74, 6) is -1.53. The molecule has 4 heteroatoms. The van der Waals surface area contributed by atoms with Gasteiger partial charge in [-0.3, -0.25) is 4.79 Å². The van der Waals surface area contributed by atoms with Crippen LogP contribution in [0.1, 0.15) is 13.3 Å². The molecule has 1 aliphatic carbocycles. The predicted octanol–water partition coefficient (Wildman–Crippen LogP) is 2.06. The number of thiocarbonyl (C=S) groups is 1. The normalized spacial score (nSPS) is 29.6. The minimum atomic E-state index is -0.888. The van der Waals surface area contributed by atoms with Gasteiger partial charge in [-0.15, -0.1) is 0 Å². The van der Waals surface area contributed by atoms with E-state index >= 15 is 0 Å². The lowest BCUT2D eigenvalue weighted by Crippen LogP contribution is -2.38. The molecule has 2 atom stereocenters. The zero-order valence-electron chi connectivity index (χ0n) is 7.80. The Labute approximate surface area is 87.8 Å². The summed E-state index contributed by atoms with van der Waals surface area (Å²) in [6, 6.07) is 0. The van der Waals surface area contributed by atoms with Gasteiger partial charge in [0.25, 0.3) is 0 Å². The van der Waals surface area contributed by atoms with Gasteiger partial charge in [-0.1, -0.05) is 31.2 Å². The molecule has 1 rings (SSSR count). The van der Waals surface area contributed by atoms with Crippen LogP contribution in [0.2, 0.25) is 0 Å². The Hall–Kier alpha value is -1.25. The second-order valence-electron chi connectivity index (χ2n) is 3.11. The van der Waals surface area contributed by atoms with Crippen LogP contribution in [-0.4, -0.2) is 21.8 Å². The van der Waals surface area contributed by atoms with Gasteiger partial charge in [-0.05, 0) is 18.6 Å². The van der Waals surface area contributed by atoms with E-state index in [0.717, 1.165) is 0 Å². The summed E-state index contributed by atoms with van der Waals surface area (Å²) in [4.78, 5) is 15.0. The van der Waals surface area contributed by atoms with E-state index in [1.165, 1.54) is 0 Å². The zero-order valence-corrected chi connectivity index (χ0v) is 8.62. The first-order valence-electron chi connectivity index (χ1n) is 4.34. The molecule has 0 aromatic rings. The Morgan fingerprint density at radius 3 is 2.93 bits per heavy atom. The lowest BCUT2D eigenvalue weighted by molar-refractivity contribution is -0.141. The minimum absolute atomic E-state index is 0.592. The third-order valence-corrected chi connectivity index (χ3v) is 2.52. The first kappa shape index (κ1) is 10.8. The van der Waals surface area contributed by atoms with Gasteiger partial charge in [-0.2, -0.15) is 0 Å². The molecule has 0 spiro atoms. The monoisotopic (exact) mass is 209 g/mol. The standard InChI is InChI=1S/C10H11NO2S/c1-2-10(11-7-14)6-4-3-5-8(10)9(12)13/h3-6,8H,2H2,1H3,(H,12,13). The fourth-order valence-electron chi connectivity index (χ4n) is 1.57. The molecular weight excluding hydrogens is 198 g/mol. The lowest BCUT2D eigenvalue weighted by Gasteiger charge is -2.30. The Morgan fingerprint density at radius 1 is 1.71 bits per heavy atom. The number of carbonyl (C=O) groups is 1. The molecule has 0 bridgehead atoms. The van der Waals surface area contributed by atoms with E-state index in [1.807, 2.05) is 6.92 Å². The molecule has 0 aromatic carbocycles. The molecule has 1 N–H and O–H groups in total. The number of rotatable bonds is 3. The summed E-state index contributed by atoms with van der Waals surface area (Å²) in [5, 5.41) is 11.3. The maximum atomic E-state index is 11.0. The third-order valence-electron chi connectivity index (χ3n) is 2.42. The highest BCUT2D eigenvalue weighted by molar-refractivity contribution is 7.78. The third kappa shape index (κ3) is 1.81. The van der Waals surface area contributed by atoms with Crippen LogP contribution in [0, 0.1) is 5.92 Å². The number of hydrogen-bond donors (Lipinski definition) is 1. The number of hydrogen-bond acceptors (Lipinski definition) is 3. The van der Waals surface area contributed by atoms with Crippen molar-refractivity contribution in [2.45, 2.75) is 18.9 Å². The molecule has 74 valence electrons. The van der Waals surface area contributed by atoms with E-state index < -0.39 is 17.4 Å². The van der Waals surface area contributed by atoms with Crippen LogP contribution in [0.3, 0.4) is 0 Å². The summed E-state index contributed by atoms with van der Waals surface area (Å²) in [6.07, 6.45) is 7.49. The van der Waals surface area contributed by atoms with Gasteiger partial charge in [-0.25, -0.2) is 4.99 Å². The van der Waals surface area contributed by atoms with Gasteiger partial charge >= 0.3 is 5.97 Å². The molecule has 2 unspecified atom stereocenters. The highest BCUT2D eigenvalue weighted by Gasteiger charge is 2.39. The first-order chi connectivity index (χ1) is 6.66. The van der Waals surface area contributed by atoms with E-state index in [-0.39, 0.29) is 0 Å². The summed E-state index contributed by atoms with van der Waals surface area (Å²) in [5.41, 5.74) is -0.748. The molecule has 0 amide bonds. The van der Waals surface area contributed by atoms with Crippen molar-refractivity contribution in [2.75, 3.05) is 0 Å². The smallest absolute Gasteiger partial charge is 0.313 e. The number of aliphatic carboxylic acids is 1. The van der Waals surface area contributed by atoms with E-state index in [1.54, 1.807) is 24.3 Å². The van der Waals surface area contributed by atoms with Crippen LogP contribution in [0.15, 0.2) is 29.3 Å². The molecule has 14 heavy (non-hydrogen) atoms. The summed E-state index contributed by atoms with van der Waals surface area (Å²) in [7, 11) is 0. The molecule has 0 aromatic heterocycles. The van der Waals surface area contributed by atoms with Crippen molar-refractivity contribution >= 4 is 23.3 Å². The van der Waals surface area contributed by atoms with E-state index in [9.17, 15) is 4.79 Å². The van der Waals surface area contributed by atoms with Crippen LogP contribution in [0.4, 0.5) is 0 Å². The molecule has 3 nitrogen and oxygen atoms in total. The molecule has 0 aliphatic heterocycles. The van der Waals surface area contributed by atoms with Crippen molar-refractivity contribution in [2.24, 2.45) is 10.9 Å². The average molecular weight is 209 g/mol. The Balaban J connectivity index is 3.14. The number of isothiocyanates is 1. The van der Waals surface area contributed by atoms with Crippen molar-refractivity contribution in [1.82, 2.24) is 0 Å². The second kappa shape index (κ2) is 4.31. The largest absolute Gasteiger partial charge is 0.481 e.